The van der Waals surface area contributed by atoms with Gasteiger partial charge in [-0.3, -0.25) is 9.59 Å². The van der Waals surface area contributed by atoms with Crippen molar-refractivity contribution < 1.29 is 27.6 Å². The quantitative estimate of drug-likeness (QED) is 0.517. The number of amides is 4. The molecule has 0 aliphatic carbocycles. The molecule has 2 aliphatic rings. The number of anilines is 3. The predicted octanol–water partition coefficient (Wildman–Crippen LogP) is 5.28. The molecular formula is C28H34F3N5O3. The standard InChI is InChI=1S/C28H34F3N5O3/c1-19(2)16-25(37)32-22-8-9-24(23(18-22)26(38)35-10-3-4-11-35)34-12-14-36(15-13-34)27(39)33-21-7-5-6-20(17-21)28(29,30)31/h5-9,17-19H,3-4,10-16H2,1-2H3,(H,32,37)(H,33,39). The highest BCUT2D eigenvalue weighted by atomic mass is 19.4. The fourth-order valence-corrected chi connectivity index (χ4v) is 4.86. The van der Waals surface area contributed by atoms with Gasteiger partial charge in [-0.2, -0.15) is 13.2 Å². The van der Waals surface area contributed by atoms with Gasteiger partial charge in [-0.25, -0.2) is 4.79 Å². The number of piperazine rings is 1. The number of urea groups is 1. The number of carbonyl (C=O) groups is 3. The lowest BCUT2D eigenvalue weighted by Gasteiger charge is -2.37. The van der Waals surface area contributed by atoms with Crippen LogP contribution in [0.4, 0.5) is 35.0 Å². The topological polar surface area (TPSA) is 85.0 Å². The van der Waals surface area contributed by atoms with Crippen LogP contribution in [0.3, 0.4) is 0 Å². The maximum atomic E-state index is 13.4. The van der Waals surface area contributed by atoms with Crippen LogP contribution in [0.2, 0.25) is 0 Å². The molecule has 39 heavy (non-hydrogen) atoms. The molecule has 8 nitrogen and oxygen atoms in total. The van der Waals surface area contributed by atoms with Crippen molar-refractivity contribution in [2.45, 2.75) is 39.3 Å². The molecule has 2 aromatic rings. The van der Waals surface area contributed by atoms with Crippen molar-refractivity contribution >= 4 is 34.9 Å². The summed E-state index contributed by atoms with van der Waals surface area (Å²) >= 11 is 0. The smallest absolute Gasteiger partial charge is 0.367 e. The number of rotatable bonds is 6. The van der Waals surface area contributed by atoms with Crippen LogP contribution in [0.25, 0.3) is 0 Å². The second-order valence-electron chi connectivity index (χ2n) is 10.4. The lowest BCUT2D eigenvalue weighted by Crippen LogP contribution is -2.50. The van der Waals surface area contributed by atoms with E-state index in [0.29, 0.717) is 56.9 Å². The van der Waals surface area contributed by atoms with E-state index in [9.17, 15) is 27.6 Å². The molecular weight excluding hydrogens is 511 g/mol. The molecule has 4 rings (SSSR count). The third-order valence-electron chi connectivity index (χ3n) is 6.85. The van der Waals surface area contributed by atoms with Crippen LogP contribution in [0.5, 0.6) is 0 Å². The zero-order valence-electron chi connectivity index (χ0n) is 22.2. The molecule has 2 heterocycles. The van der Waals surface area contributed by atoms with Crippen molar-refractivity contribution in [1.29, 1.82) is 0 Å². The summed E-state index contributed by atoms with van der Waals surface area (Å²) in [6, 6.07) is 9.38. The summed E-state index contributed by atoms with van der Waals surface area (Å²) in [5, 5.41) is 5.44. The highest BCUT2D eigenvalue weighted by molar-refractivity contribution is 6.02. The number of likely N-dealkylation sites (tertiary alicyclic amines) is 1. The van der Waals surface area contributed by atoms with Gasteiger partial charge in [0.05, 0.1) is 11.1 Å². The van der Waals surface area contributed by atoms with E-state index in [2.05, 4.69) is 10.6 Å². The van der Waals surface area contributed by atoms with Gasteiger partial charge in [0.1, 0.15) is 0 Å². The molecule has 2 fully saturated rings. The molecule has 2 aliphatic heterocycles. The summed E-state index contributed by atoms with van der Waals surface area (Å²) in [7, 11) is 0. The van der Waals surface area contributed by atoms with Crippen LogP contribution in [-0.4, -0.2) is 66.9 Å². The molecule has 0 saturated carbocycles. The van der Waals surface area contributed by atoms with Crippen molar-refractivity contribution in [1.82, 2.24) is 9.80 Å². The first-order valence-electron chi connectivity index (χ1n) is 13.2. The third kappa shape index (κ3) is 7.21. The Bertz CT molecular complexity index is 1200. The lowest BCUT2D eigenvalue weighted by atomic mass is 10.1. The minimum absolute atomic E-state index is 0.0749. The summed E-state index contributed by atoms with van der Waals surface area (Å²) in [4.78, 5) is 43.9. The first-order chi connectivity index (χ1) is 18.5. The number of alkyl halides is 3. The molecule has 4 amide bonds. The minimum atomic E-state index is -4.50. The molecule has 0 spiro atoms. The predicted molar refractivity (Wildman–Crippen MR) is 144 cm³/mol. The zero-order valence-corrected chi connectivity index (χ0v) is 22.2. The van der Waals surface area contributed by atoms with Gasteiger partial charge in [0.2, 0.25) is 5.91 Å². The third-order valence-corrected chi connectivity index (χ3v) is 6.85. The Morgan fingerprint density at radius 3 is 2.15 bits per heavy atom. The normalized spacial score (nSPS) is 16.0. The molecule has 0 radical (unpaired) electrons. The first kappa shape index (κ1) is 28.3. The van der Waals surface area contributed by atoms with Crippen LogP contribution in [0.15, 0.2) is 42.5 Å². The Morgan fingerprint density at radius 1 is 0.846 bits per heavy atom. The second kappa shape index (κ2) is 12.0. The number of halogens is 3. The number of hydrogen-bond acceptors (Lipinski definition) is 4. The van der Waals surface area contributed by atoms with Gasteiger partial charge in [0.25, 0.3) is 5.91 Å². The number of carbonyl (C=O) groups excluding carboxylic acids is 3. The summed E-state index contributed by atoms with van der Waals surface area (Å²) in [5.74, 6) is 0.00180. The Hall–Kier alpha value is -3.76. The van der Waals surface area contributed by atoms with Crippen molar-refractivity contribution in [3.05, 3.63) is 53.6 Å². The SMILES string of the molecule is CC(C)CC(=O)Nc1ccc(N2CCN(C(=O)Nc3cccc(C(F)(F)F)c3)CC2)c(C(=O)N2CCCC2)c1. The minimum Gasteiger partial charge on any atom is -0.367 e. The molecule has 0 bridgehead atoms. The number of nitrogens with one attached hydrogen (secondary N) is 2. The second-order valence-corrected chi connectivity index (χ2v) is 10.4. The zero-order chi connectivity index (χ0) is 28.2. The van der Waals surface area contributed by atoms with Gasteiger partial charge in [-0.1, -0.05) is 19.9 Å². The van der Waals surface area contributed by atoms with E-state index in [1.165, 1.54) is 12.1 Å². The Balaban J connectivity index is 1.45. The summed E-state index contributed by atoms with van der Waals surface area (Å²) < 4.78 is 39.0. The van der Waals surface area contributed by atoms with Gasteiger partial charge >= 0.3 is 12.2 Å². The van der Waals surface area contributed by atoms with Crippen LogP contribution < -0.4 is 15.5 Å². The van der Waals surface area contributed by atoms with Crippen molar-refractivity contribution in [3.8, 4) is 0 Å². The highest BCUT2D eigenvalue weighted by Crippen LogP contribution is 2.31. The van der Waals surface area contributed by atoms with Crippen molar-refractivity contribution in [2.75, 3.05) is 54.8 Å². The fourth-order valence-electron chi connectivity index (χ4n) is 4.86. The van der Waals surface area contributed by atoms with E-state index in [0.717, 1.165) is 30.7 Å². The molecule has 11 heteroatoms. The molecule has 2 saturated heterocycles. The van der Waals surface area contributed by atoms with E-state index >= 15 is 0 Å². The number of nitrogens with zero attached hydrogens (tertiary/aromatic N) is 3. The fraction of sp³-hybridized carbons (Fsp3) is 0.464. The largest absolute Gasteiger partial charge is 0.416 e. The van der Waals surface area contributed by atoms with Gasteiger partial charge < -0.3 is 25.3 Å². The van der Waals surface area contributed by atoms with Gasteiger partial charge in [0, 0.05) is 62.8 Å². The van der Waals surface area contributed by atoms with E-state index < -0.39 is 17.8 Å². The van der Waals surface area contributed by atoms with E-state index in [1.807, 2.05) is 29.7 Å². The summed E-state index contributed by atoms with van der Waals surface area (Å²) in [6.45, 7) is 6.83. The van der Waals surface area contributed by atoms with Gasteiger partial charge in [0.15, 0.2) is 0 Å². The molecule has 210 valence electrons. The average molecular weight is 546 g/mol. The average Bonchev–Trinajstić information content (AvgIpc) is 3.43. The molecule has 0 atom stereocenters. The van der Waals surface area contributed by atoms with Crippen molar-refractivity contribution in [3.63, 3.8) is 0 Å². The van der Waals surface area contributed by atoms with Crippen LogP contribution >= 0.6 is 0 Å². The van der Waals surface area contributed by atoms with Gasteiger partial charge in [-0.15, -0.1) is 0 Å². The van der Waals surface area contributed by atoms with Crippen LogP contribution in [0, 0.1) is 5.92 Å². The number of benzene rings is 2. The lowest BCUT2D eigenvalue weighted by molar-refractivity contribution is -0.137. The first-order valence-corrected chi connectivity index (χ1v) is 13.2. The summed E-state index contributed by atoms with van der Waals surface area (Å²) in [6.07, 6.45) is -2.22. The van der Waals surface area contributed by atoms with Crippen LogP contribution in [-0.2, 0) is 11.0 Å². The maximum absolute atomic E-state index is 13.4. The molecule has 2 aromatic carbocycles. The monoisotopic (exact) mass is 545 g/mol. The van der Waals surface area contributed by atoms with E-state index in [4.69, 9.17) is 0 Å². The Labute approximate surface area is 226 Å². The van der Waals surface area contributed by atoms with E-state index in [-0.39, 0.29) is 23.4 Å². The molecule has 2 N–H and O–H groups in total. The Kier molecular flexibility index (Phi) is 8.66. The van der Waals surface area contributed by atoms with Crippen molar-refractivity contribution in [2.24, 2.45) is 5.92 Å². The van der Waals surface area contributed by atoms with Crippen LogP contribution in [0.1, 0.15) is 49.0 Å². The summed E-state index contributed by atoms with van der Waals surface area (Å²) in [5.41, 5.74) is 1.04. The van der Waals surface area contributed by atoms with Gasteiger partial charge in [-0.05, 0) is 55.2 Å². The molecule has 0 unspecified atom stereocenters. The highest BCUT2D eigenvalue weighted by Gasteiger charge is 2.31. The molecule has 0 aromatic heterocycles. The number of hydrogen-bond donors (Lipinski definition) is 2. The Morgan fingerprint density at radius 2 is 1.51 bits per heavy atom. The maximum Gasteiger partial charge on any atom is 0.416 e. The van der Waals surface area contributed by atoms with E-state index in [1.54, 1.807) is 17.0 Å².